The Balaban J connectivity index is 1.51. The molecule has 5 atom stereocenters. The molecule has 1 heterocycles. The number of aliphatic hydroxyl groups excluding tert-OH is 1. The van der Waals surface area contributed by atoms with E-state index in [1.54, 1.807) is 31.2 Å². The van der Waals surface area contributed by atoms with Crippen molar-refractivity contribution in [3.8, 4) is 5.75 Å². The number of ether oxygens (including phenoxy) is 1. The number of halogens is 1. The van der Waals surface area contributed by atoms with E-state index in [1.807, 2.05) is 6.07 Å². The summed E-state index contributed by atoms with van der Waals surface area (Å²) < 4.78 is 34.3. The number of nitrogens with zero attached hydrogens (tertiary/aromatic N) is 1. The number of rotatable bonds is 10. The Bertz CT molecular complexity index is 1460. The highest BCUT2D eigenvalue weighted by molar-refractivity contribution is 7.90. The lowest BCUT2D eigenvalue weighted by molar-refractivity contribution is 0.0178. The molecule has 2 aliphatic carbocycles. The molecule has 0 bridgehead atoms. The fourth-order valence-corrected chi connectivity index (χ4v) is 8.40. The summed E-state index contributed by atoms with van der Waals surface area (Å²) in [5.74, 6) is 0.419. The molecule has 2 N–H and O–H groups in total. The number of hydrogen-bond donors (Lipinski definition) is 2. The van der Waals surface area contributed by atoms with Gasteiger partial charge in [0.1, 0.15) is 5.75 Å². The molecule has 3 aliphatic rings. The maximum Gasteiger partial charge on any atom is 0.264 e. The van der Waals surface area contributed by atoms with Gasteiger partial charge in [-0.2, -0.15) is 0 Å². The molecule has 1 amide bonds. The molecule has 9 heteroatoms. The smallest absolute Gasteiger partial charge is 0.264 e. The molecule has 0 unspecified atom stereocenters. The lowest BCUT2D eigenvalue weighted by atomic mass is 9.68. The van der Waals surface area contributed by atoms with E-state index in [1.165, 1.54) is 17.2 Å². The van der Waals surface area contributed by atoms with Crippen LogP contribution < -0.4 is 14.4 Å². The average molecular weight is 613 g/mol. The van der Waals surface area contributed by atoms with Crippen LogP contribution in [0.5, 0.6) is 5.75 Å². The number of anilines is 1. The first kappa shape index (κ1) is 30.6. The number of sulfonamides is 1. The molecule has 7 nitrogen and oxygen atoms in total. The van der Waals surface area contributed by atoms with E-state index in [0.717, 1.165) is 42.8 Å². The van der Waals surface area contributed by atoms with Crippen molar-refractivity contribution in [1.29, 1.82) is 0 Å². The van der Waals surface area contributed by atoms with Crippen molar-refractivity contribution in [1.82, 2.24) is 4.72 Å². The molecule has 0 saturated heterocycles. The van der Waals surface area contributed by atoms with Gasteiger partial charge in [0, 0.05) is 29.1 Å². The molecule has 42 heavy (non-hydrogen) atoms. The van der Waals surface area contributed by atoms with E-state index >= 15 is 0 Å². The molecule has 226 valence electrons. The van der Waals surface area contributed by atoms with Gasteiger partial charge in [0.05, 0.1) is 23.6 Å². The van der Waals surface area contributed by atoms with Gasteiger partial charge in [0.25, 0.3) is 5.91 Å². The normalized spacial score (nSPS) is 24.7. The third kappa shape index (κ3) is 5.99. The maximum absolute atomic E-state index is 13.2. The number of carbonyl (C=O) groups excluding carboxylic acids is 1. The van der Waals surface area contributed by atoms with Gasteiger partial charge in [-0.15, -0.1) is 13.2 Å². The number of aliphatic hydroxyl groups is 1. The fourth-order valence-electron chi connectivity index (χ4n) is 6.99. The van der Waals surface area contributed by atoms with Crippen LogP contribution in [-0.4, -0.2) is 50.5 Å². The Morgan fingerprint density at radius 2 is 2.07 bits per heavy atom. The zero-order valence-electron chi connectivity index (χ0n) is 24.2. The number of amides is 1. The van der Waals surface area contributed by atoms with E-state index in [9.17, 15) is 18.3 Å². The van der Waals surface area contributed by atoms with Crippen molar-refractivity contribution >= 4 is 33.2 Å². The van der Waals surface area contributed by atoms with E-state index in [0.29, 0.717) is 38.3 Å². The second kappa shape index (κ2) is 12.4. The summed E-state index contributed by atoms with van der Waals surface area (Å²) in [7, 11) is -3.92. The van der Waals surface area contributed by atoms with Gasteiger partial charge in [-0.05, 0) is 98.2 Å². The highest BCUT2D eigenvalue weighted by Gasteiger charge is 2.44. The maximum atomic E-state index is 13.2. The summed E-state index contributed by atoms with van der Waals surface area (Å²) in [6.45, 7) is 11.0. The van der Waals surface area contributed by atoms with Crippen LogP contribution in [0.2, 0.25) is 5.02 Å². The van der Waals surface area contributed by atoms with Crippen LogP contribution in [0.4, 0.5) is 5.69 Å². The van der Waals surface area contributed by atoms with Crippen molar-refractivity contribution in [3.05, 3.63) is 83.4 Å². The van der Waals surface area contributed by atoms with Gasteiger partial charge < -0.3 is 14.7 Å². The largest absolute Gasteiger partial charge is 0.490 e. The van der Waals surface area contributed by atoms with Gasteiger partial charge in [-0.3, -0.25) is 4.79 Å². The topological polar surface area (TPSA) is 95.9 Å². The van der Waals surface area contributed by atoms with Gasteiger partial charge >= 0.3 is 0 Å². The van der Waals surface area contributed by atoms with Crippen LogP contribution in [0.3, 0.4) is 0 Å². The molecule has 0 aromatic heterocycles. The Morgan fingerprint density at radius 3 is 2.76 bits per heavy atom. The highest BCUT2D eigenvalue weighted by atomic mass is 35.5. The number of fused-ring (bicyclic) bond motifs is 3. The number of benzene rings is 2. The average Bonchev–Trinajstić information content (AvgIpc) is 3.08. The molecule has 5 rings (SSSR count). The van der Waals surface area contributed by atoms with Crippen LogP contribution in [0.15, 0.2) is 61.7 Å². The number of hydrogen-bond acceptors (Lipinski definition) is 6. The Morgan fingerprint density at radius 1 is 1.26 bits per heavy atom. The molecular weight excluding hydrogens is 572 g/mol. The Kier molecular flexibility index (Phi) is 9.07. The molecular formula is C33H41ClN2O5S. The Hall–Kier alpha value is -2.81. The second-order valence-electron chi connectivity index (χ2n) is 12.0. The van der Waals surface area contributed by atoms with Crippen molar-refractivity contribution < 1.29 is 23.1 Å². The molecule has 2 aromatic rings. The minimum absolute atomic E-state index is 0.172. The minimum atomic E-state index is -3.92. The first-order valence-corrected chi connectivity index (χ1v) is 16.8. The SMILES string of the molecule is C=CC[C@H](O)[C@@H]1CC[C@H]1CN1C[C@@]2(CCCc3cc(Cl)ccc32)COc2ccc(C(=O)NS(=O)(=O)[C@H](C=C)CC)cc21. The van der Waals surface area contributed by atoms with Crippen LogP contribution in [0, 0.1) is 11.8 Å². The lowest BCUT2D eigenvalue weighted by Crippen LogP contribution is -2.49. The van der Waals surface area contributed by atoms with Crippen molar-refractivity contribution in [2.45, 2.75) is 68.6 Å². The molecule has 1 spiro atoms. The molecule has 2 aromatic carbocycles. The van der Waals surface area contributed by atoms with Crippen LogP contribution >= 0.6 is 11.6 Å². The van der Waals surface area contributed by atoms with Crippen molar-refractivity contribution in [2.24, 2.45) is 11.8 Å². The first-order valence-electron chi connectivity index (χ1n) is 14.9. The van der Waals surface area contributed by atoms with E-state index in [4.69, 9.17) is 16.3 Å². The van der Waals surface area contributed by atoms with Crippen LogP contribution in [0.1, 0.15) is 66.9 Å². The molecule has 1 fully saturated rings. The second-order valence-corrected chi connectivity index (χ2v) is 14.4. The van der Waals surface area contributed by atoms with Crippen LogP contribution in [0.25, 0.3) is 0 Å². The zero-order valence-corrected chi connectivity index (χ0v) is 25.8. The predicted octanol–water partition coefficient (Wildman–Crippen LogP) is 5.80. The van der Waals surface area contributed by atoms with Gasteiger partial charge in [0.2, 0.25) is 10.0 Å². The van der Waals surface area contributed by atoms with E-state index < -0.39 is 27.3 Å². The quantitative estimate of drug-likeness (QED) is 0.329. The Labute approximate surface area is 254 Å². The summed E-state index contributed by atoms with van der Waals surface area (Å²) in [5.41, 5.74) is 3.21. The summed E-state index contributed by atoms with van der Waals surface area (Å²) in [5, 5.41) is 10.6. The van der Waals surface area contributed by atoms with Gasteiger partial charge in [-0.25, -0.2) is 13.1 Å². The zero-order chi connectivity index (χ0) is 30.1. The minimum Gasteiger partial charge on any atom is -0.490 e. The van der Waals surface area contributed by atoms with Gasteiger partial charge in [-0.1, -0.05) is 36.7 Å². The highest BCUT2D eigenvalue weighted by Crippen LogP contribution is 2.46. The van der Waals surface area contributed by atoms with Crippen LogP contribution in [-0.2, 0) is 21.9 Å². The third-order valence-corrected chi connectivity index (χ3v) is 11.5. The fraction of sp³-hybridized carbons (Fsp3) is 0.485. The predicted molar refractivity (Wildman–Crippen MR) is 168 cm³/mol. The molecule has 0 radical (unpaired) electrons. The third-order valence-electron chi connectivity index (χ3n) is 9.43. The summed E-state index contributed by atoms with van der Waals surface area (Å²) >= 11 is 6.38. The lowest BCUT2D eigenvalue weighted by Gasteiger charge is -2.45. The molecule has 1 saturated carbocycles. The van der Waals surface area contributed by atoms with Crippen molar-refractivity contribution in [2.75, 3.05) is 24.6 Å². The van der Waals surface area contributed by atoms with Gasteiger partial charge in [0.15, 0.2) is 0 Å². The standard InChI is InChI=1S/C33H41ClN2O5S/c1-4-8-30(37)27-13-10-24(27)19-36-20-33(16-7-9-22-17-25(34)12-14-28(22)33)21-41-31-15-11-23(18-29(31)36)32(38)35-42(39,40)26(5-2)6-3/h4-5,11-12,14-15,17-18,24,26-27,30,37H,1-2,6-10,13,16,19-21H2,3H3,(H,35,38)/t24-,26+,27+,30-,33-/m0/s1. The monoisotopic (exact) mass is 612 g/mol. The number of carbonyl (C=O) groups is 1. The summed E-state index contributed by atoms with van der Waals surface area (Å²) in [6, 6.07) is 11.3. The number of nitrogens with one attached hydrogen (secondary N) is 1. The van der Waals surface area contributed by atoms with E-state index in [2.05, 4.69) is 34.9 Å². The number of aryl methyl sites for hydroxylation is 1. The molecule has 1 aliphatic heterocycles. The summed E-state index contributed by atoms with van der Waals surface area (Å²) in [6.07, 6.45) is 8.43. The van der Waals surface area contributed by atoms with Crippen molar-refractivity contribution in [3.63, 3.8) is 0 Å². The van der Waals surface area contributed by atoms with E-state index in [-0.39, 0.29) is 22.8 Å². The first-order chi connectivity index (χ1) is 20.1. The summed E-state index contributed by atoms with van der Waals surface area (Å²) in [4.78, 5) is 15.5.